The van der Waals surface area contributed by atoms with Gasteiger partial charge in [0.05, 0.1) is 6.54 Å². The topological polar surface area (TPSA) is 67.9 Å². The molecule has 1 spiro atoms. The molecule has 3 aliphatic rings. The maximum atomic E-state index is 12.5. The first kappa shape index (κ1) is 13.7. The molecular weight excluding hydrogens is 260 g/mol. The first-order chi connectivity index (χ1) is 9.69. The maximum absolute atomic E-state index is 12.5. The van der Waals surface area contributed by atoms with Gasteiger partial charge in [0.15, 0.2) is 0 Å². The van der Waals surface area contributed by atoms with Crippen molar-refractivity contribution in [2.24, 2.45) is 5.92 Å². The zero-order valence-corrected chi connectivity index (χ0v) is 11.7. The SMILES string of the molecule is O=C1NCC2(CCCN(C(=O)C3CCOCC3)CC2)O1. The molecule has 112 valence electrons. The Morgan fingerprint density at radius 1 is 1.25 bits per heavy atom. The van der Waals surface area contributed by atoms with Gasteiger partial charge in [-0.3, -0.25) is 4.79 Å². The predicted octanol–water partition coefficient (Wildman–Crippen LogP) is 0.904. The number of carbonyl (C=O) groups is 2. The molecule has 3 aliphatic heterocycles. The summed E-state index contributed by atoms with van der Waals surface area (Å²) in [5.41, 5.74) is -0.387. The summed E-state index contributed by atoms with van der Waals surface area (Å²) in [4.78, 5) is 25.7. The summed E-state index contributed by atoms with van der Waals surface area (Å²) in [7, 11) is 0. The molecule has 0 aliphatic carbocycles. The van der Waals surface area contributed by atoms with E-state index in [1.54, 1.807) is 0 Å². The molecule has 1 N–H and O–H groups in total. The zero-order chi connectivity index (χ0) is 14.0. The van der Waals surface area contributed by atoms with Crippen molar-refractivity contribution < 1.29 is 19.1 Å². The molecule has 1 unspecified atom stereocenters. The number of nitrogens with one attached hydrogen (secondary N) is 1. The second-order valence-corrected chi connectivity index (χ2v) is 5.99. The fraction of sp³-hybridized carbons (Fsp3) is 0.857. The van der Waals surface area contributed by atoms with Gasteiger partial charge in [-0.25, -0.2) is 4.79 Å². The van der Waals surface area contributed by atoms with Crippen LogP contribution in [0.15, 0.2) is 0 Å². The molecule has 3 heterocycles. The van der Waals surface area contributed by atoms with Crippen molar-refractivity contribution >= 4 is 12.0 Å². The van der Waals surface area contributed by atoms with Gasteiger partial charge in [0.25, 0.3) is 0 Å². The number of nitrogens with zero attached hydrogens (tertiary/aromatic N) is 1. The normalized spacial score (nSPS) is 31.8. The van der Waals surface area contributed by atoms with Crippen LogP contribution in [-0.2, 0) is 14.3 Å². The van der Waals surface area contributed by atoms with E-state index >= 15 is 0 Å². The summed E-state index contributed by atoms with van der Waals surface area (Å²) in [6.07, 6.45) is 3.80. The first-order valence-corrected chi connectivity index (χ1v) is 7.52. The highest BCUT2D eigenvalue weighted by molar-refractivity contribution is 5.79. The molecule has 3 saturated heterocycles. The summed E-state index contributed by atoms with van der Waals surface area (Å²) in [6.45, 7) is 3.41. The smallest absolute Gasteiger partial charge is 0.407 e. The average molecular weight is 282 g/mol. The van der Waals surface area contributed by atoms with E-state index in [-0.39, 0.29) is 23.5 Å². The van der Waals surface area contributed by atoms with Crippen molar-refractivity contribution in [1.82, 2.24) is 10.2 Å². The van der Waals surface area contributed by atoms with Crippen molar-refractivity contribution in [3.05, 3.63) is 0 Å². The number of ether oxygens (including phenoxy) is 2. The van der Waals surface area contributed by atoms with E-state index in [1.165, 1.54) is 0 Å². The molecule has 0 radical (unpaired) electrons. The molecule has 0 saturated carbocycles. The van der Waals surface area contributed by atoms with Gasteiger partial charge in [0.2, 0.25) is 5.91 Å². The highest BCUT2D eigenvalue weighted by Gasteiger charge is 2.42. The molecular formula is C14H22N2O4. The summed E-state index contributed by atoms with van der Waals surface area (Å²) in [5, 5.41) is 2.73. The second kappa shape index (κ2) is 5.60. The third kappa shape index (κ3) is 2.75. The number of hydrogen-bond donors (Lipinski definition) is 1. The molecule has 3 rings (SSSR count). The molecule has 0 aromatic heterocycles. The number of likely N-dealkylation sites (tertiary alicyclic amines) is 1. The predicted molar refractivity (Wildman–Crippen MR) is 71.2 cm³/mol. The second-order valence-electron chi connectivity index (χ2n) is 5.99. The quantitative estimate of drug-likeness (QED) is 0.776. The van der Waals surface area contributed by atoms with Gasteiger partial charge in [-0.15, -0.1) is 0 Å². The van der Waals surface area contributed by atoms with Crippen LogP contribution in [0.5, 0.6) is 0 Å². The summed E-state index contributed by atoms with van der Waals surface area (Å²) in [6, 6.07) is 0. The van der Waals surface area contributed by atoms with Crippen LogP contribution in [0.1, 0.15) is 32.1 Å². The van der Waals surface area contributed by atoms with Gasteiger partial charge in [0.1, 0.15) is 5.60 Å². The van der Waals surface area contributed by atoms with Gasteiger partial charge < -0.3 is 19.7 Å². The van der Waals surface area contributed by atoms with Crippen molar-refractivity contribution in [3.63, 3.8) is 0 Å². The number of amides is 2. The van der Waals surface area contributed by atoms with Crippen molar-refractivity contribution in [3.8, 4) is 0 Å². The Morgan fingerprint density at radius 2 is 2.05 bits per heavy atom. The van der Waals surface area contributed by atoms with E-state index in [4.69, 9.17) is 9.47 Å². The van der Waals surface area contributed by atoms with Crippen LogP contribution in [-0.4, -0.2) is 55.3 Å². The molecule has 2 amide bonds. The summed E-state index contributed by atoms with van der Waals surface area (Å²) >= 11 is 0. The van der Waals surface area contributed by atoms with Gasteiger partial charge in [-0.2, -0.15) is 0 Å². The molecule has 0 aromatic rings. The monoisotopic (exact) mass is 282 g/mol. The Kier molecular flexibility index (Phi) is 3.83. The third-order valence-corrected chi connectivity index (χ3v) is 4.64. The van der Waals surface area contributed by atoms with E-state index in [9.17, 15) is 9.59 Å². The van der Waals surface area contributed by atoms with Crippen molar-refractivity contribution in [2.45, 2.75) is 37.7 Å². The van der Waals surface area contributed by atoms with Crippen LogP contribution in [0.2, 0.25) is 0 Å². The standard InChI is InChI=1S/C14H22N2O4/c17-12(11-2-8-19-9-3-11)16-6-1-4-14(5-7-16)10-15-13(18)20-14/h11H,1-10H2,(H,15,18). The van der Waals surface area contributed by atoms with Crippen LogP contribution < -0.4 is 5.32 Å². The Balaban J connectivity index is 1.59. The van der Waals surface area contributed by atoms with Crippen molar-refractivity contribution in [2.75, 3.05) is 32.8 Å². The Bertz CT molecular complexity index is 395. The Morgan fingerprint density at radius 3 is 2.75 bits per heavy atom. The van der Waals surface area contributed by atoms with Crippen LogP contribution in [0.25, 0.3) is 0 Å². The van der Waals surface area contributed by atoms with Crippen molar-refractivity contribution in [1.29, 1.82) is 0 Å². The lowest BCUT2D eigenvalue weighted by molar-refractivity contribution is -0.138. The molecule has 0 aromatic carbocycles. The van der Waals surface area contributed by atoms with Gasteiger partial charge >= 0.3 is 6.09 Å². The lowest BCUT2D eigenvalue weighted by Gasteiger charge is -2.29. The minimum absolute atomic E-state index is 0.113. The Hall–Kier alpha value is -1.30. The molecule has 1 atom stereocenters. The highest BCUT2D eigenvalue weighted by atomic mass is 16.6. The molecule has 0 bridgehead atoms. The number of hydrogen-bond acceptors (Lipinski definition) is 4. The van der Waals surface area contributed by atoms with E-state index in [0.29, 0.717) is 26.3 Å². The largest absolute Gasteiger partial charge is 0.441 e. The van der Waals surface area contributed by atoms with Gasteiger partial charge in [0, 0.05) is 38.6 Å². The summed E-state index contributed by atoms with van der Waals surface area (Å²) < 4.78 is 10.7. The van der Waals surface area contributed by atoms with E-state index in [2.05, 4.69) is 5.32 Å². The number of alkyl carbamates (subject to hydrolysis) is 1. The zero-order valence-electron chi connectivity index (χ0n) is 11.7. The molecule has 3 fully saturated rings. The van der Waals surface area contributed by atoms with Crippen LogP contribution in [0, 0.1) is 5.92 Å². The maximum Gasteiger partial charge on any atom is 0.407 e. The van der Waals surface area contributed by atoms with E-state index < -0.39 is 0 Å². The van der Waals surface area contributed by atoms with Crippen LogP contribution in [0.3, 0.4) is 0 Å². The number of rotatable bonds is 1. The van der Waals surface area contributed by atoms with E-state index in [0.717, 1.165) is 38.6 Å². The minimum Gasteiger partial charge on any atom is -0.441 e. The average Bonchev–Trinajstić information content (AvgIpc) is 2.71. The lowest BCUT2D eigenvalue weighted by atomic mass is 9.95. The molecule has 6 nitrogen and oxygen atoms in total. The molecule has 6 heteroatoms. The van der Waals surface area contributed by atoms with Crippen LogP contribution >= 0.6 is 0 Å². The van der Waals surface area contributed by atoms with Crippen LogP contribution in [0.4, 0.5) is 4.79 Å². The summed E-state index contributed by atoms with van der Waals surface area (Å²) in [5.74, 6) is 0.365. The number of carbonyl (C=O) groups excluding carboxylic acids is 2. The fourth-order valence-electron chi connectivity index (χ4n) is 3.37. The fourth-order valence-corrected chi connectivity index (χ4v) is 3.37. The van der Waals surface area contributed by atoms with Gasteiger partial charge in [-0.05, 0) is 25.7 Å². The highest BCUT2D eigenvalue weighted by Crippen LogP contribution is 2.30. The third-order valence-electron chi connectivity index (χ3n) is 4.64. The lowest BCUT2D eigenvalue weighted by Crippen LogP contribution is -2.40. The molecule has 20 heavy (non-hydrogen) atoms. The van der Waals surface area contributed by atoms with E-state index in [1.807, 2.05) is 4.90 Å². The first-order valence-electron chi connectivity index (χ1n) is 7.52. The minimum atomic E-state index is -0.387. The van der Waals surface area contributed by atoms with Gasteiger partial charge in [-0.1, -0.05) is 0 Å². The Labute approximate surface area is 118 Å².